The lowest BCUT2D eigenvalue weighted by molar-refractivity contribution is -0.304. The van der Waals surface area contributed by atoms with Crippen molar-refractivity contribution < 1.29 is 19.4 Å². The van der Waals surface area contributed by atoms with Gasteiger partial charge in [-0.15, -0.1) is 11.3 Å². The van der Waals surface area contributed by atoms with E-state index >= 15 is 0 Å². The molecule has 2 aromatic carbocycles. The zero-order valence-electron chi connectivity index (χ0n) is 15.9. The zero-order chi connectivity index (χ0) is 19.9. The van der Waals surface area contributed by atoms with Crippen LogP contribution in [0.5, 0.6) is 11.5 Å². The number of unbranched alkanes of at least 4 members (excludes halogenated alkanes) is 1. The van der Waals surface area contributed by atoms with Crippen molar-refractivity contribution in [2.75, 3.05) is 13.7 Å². The third-order valence-electron chi connectivity index (χ3n) is 4.19. The van der Waals surface area contributed by atoms with Gasteiger partial charge in [0.2, 0.25) is 0 Å². The molecule has 3 aromatic rings. The highest BCUT2D eigenvalue weighted by molar-refractivity contribution is 7.19. The van der Waals surface area contributed by atoms with Gasteiger partial charge in [0.15, 0.2) is 11.5 Å². The molecule has 0 fully saturated rings. The smallest absolute Gasteiger partial charge is 0.161 e. The van der Waals surface area contributed by atoms with Crippen molar-refractivity contribution in [2.24, 2.45) is 0 Å². The van der Waals surface area contributed by atoms with Crippen LogP contribution in [0.2, 0.25) is 0 Å². The lowest BCUT2D eigenvalue weighted by Gasteiger charge is -2.12. The number of nitrogens with zero attached hydrogens (tertiary/aromatic N) is 1. The molecule has 0 bridgehead atoms. The summed E-state index contributed by atoms with van der Waals surface area (Å²) in [7, 11) is 1.59. The van der Waals surface area contributed by atoms with Crippen LogP contribution in [0.25, 0.3) is 21.9 Å². The van der Waals surface area contributed by atoms with Gasteiger partial charge in [0.1, 0.15) is 5.01 Å². The zero-order valence-corrected chi connectivity index (χ0v) is 16.8. The molecular weight excluding hydrogens is 374 g/mol. The summed E-state index contributed by atoms with van der Waals surface area (Å²) in [6, 6.07) is 13.3. The van der Waals surface area contributed by atoms with E-state index in [1.165, 1.54) is 11.3 Å². The Hall–Kier alpha value is -2.86. The summed E-state index contributed by atoms with van der Waals surface area (Å²) in [5.74, 6) is 0.147. The van der Waals surface area contributed by atoms with Crippen LogP contribution >= 0.6 is 11.3 Å². The molecular formula is C22H22NO4S-. The van der Waals surface area contributed by atoms with E-state index in [1.807, 2.05) is 48.5 Å². The molecule has 3 rings (SSSR count). The summed E-state index contributed by atoms with van der Waals surface area (Å²) in [6.07, 6.45) is 3.62. The minimum absolute atomic E-state index is 0.211. The third kappa shape index (κ3) is 4.89. The first-order valence-electron chi connectivity index (χ1n) is 9.18. The number of carboxylic acid groups (broad SMARTS) is 1. The quantitative estimate of drug-likeness (QED) is 0.508. The maximum Gasteiger partial charge on any atom is 0.161 e. The number of fused-ring (bicyclic) bond motifs is 1. The Kier molecular flexibility index (Phi) is 6.66. The third-order valence-corrected chi connectivity index (χ3v) is 5.30. The minimum atomic E-state index is -1.14. The fourth-order valence-electron chi connectivity index (χ4n) is 2.77. The summed E-state index contributed by atoms with van der Waals surface area (Å²) in [5.41, 5.74) is 2.27. The van der Waals surface area contributed by atoms with Gasteiger partial charge in [0.25, 0.3) is 0 Å². The Balaban J connectivity index is 1.94. The van der Waals surface area contributed by atoms with Gasteiger partial charge in [0.05, 0.1) is 23.9 Å². The van der Waals surface area contributed by atoms with Crippen LogP contribution in [-0.2, 0) is 4.79 Å². The number of thiazole rings is 1. The summed E-state index contributed by atoms with van der Waals surface area (Å²) < 4.78 is 12.2. The van der Waals surface area contributed by atoms with Crippen molar-refractivity contribution >= 4 is 39.2 Å². The number of rotatable bonds is 9. The van der Waals surface area contributed by atoms with E-state index in [-0.39, 0.29) is 6.42 Å². The molecule has 0 saturated heterocycles. The van der Waals surface area contributed by atoms with E-state index in [0.29, 0.717) is 28.7 Å². The standard InChI is InChI=1S/C22H23NO4S/c1-3-4-11-27-18-10-9-15(13-19(18)26-2)12-16(14-21(24)25)22-23-17-7-5-6-8-20(17)28-22/h5-10,12-13H,3-4,11,14H2,1-2H3,(H,24,25)/p-1/b16-12+. The second kappa shape index (κ2) is 9.37. The van der Waals surface area contributed by atoms with Crippen molar-refractivity contribution in [3.05, 3.63) is 53.0 Å². The number of benzene rings is 2. The number of aliphatic carboxylic acids is 1. The molecule has 5 nitrogen and oxygen atoms in total. The van der Waals surface area contributed by atoms with Crippen molar-refractivity contribution in [3.63, 3.8) is 0 Å². The molecule has 0 aliphatic carbocycles. The first kappa shape index (κ1) is 19.9. The van der Waals surface area contributed by atoms with E-state index in [9.17, 15) is 9.90 Å². The van der Waals surface area contributed by atoms with Crippen molar-refractivity contribution in [1.82, 2.24) is 4.98 Å². The molecule has 0 aliphatic rings. The van der Waals surface area contributed by atoms with E-state index in [0.717, 1.165) is 28.6 Å². The molecule has 0 saturated carbocycles. The average molecular weight is 396 g/mol. The number of hydrogen-bond acceptors (Lipinski definition) is 6. The van der Waals surface area contributed by atoms with Gasteiger partial charge in [-0.2, -0.15) is 0 Å². The predicted molar refractivity (Wildman–Crippen MR) is 111 cm³/mol. The highest BCUT2D eigenvalue weighted by Gasteiger charge is 2.11. The van der Waals surface area contributed by atoms with Gasteiger partial charge in [-0.25, -0.2) is 4.98 Å². The van der Waals surface area contributed by atoms with Crippen LogP contribution in [0.3, 0.4) is 0 Å². The molecule has 0 radical (unpaired) electrons. The number of ether oxygens (including phenoxy) is 2. The largest absolute Gasteiger partial charge is 0.550 e. The summed E-state index contributed by atoms with van der Waals surface area (Å²) in [4.78, 5) is 15.9. The minimum Gasteiger partial charge on any atom is -0.550 e. The SMILES string of the molecule is CCCCOc1ccc(/C=C(\CC(=O)[O-])c2nc3ccccc3s2)cc1OC. The van der Waals surface area contributed by atoms with Gasteiger partial charge in [-0.3, -0.25) is 0 Å². The molecule has 146 valence electrons. The number of aromatic nitrogens is 1. The fourth-order valence-corrected chi connectivity index (χ4v) is 3.75. The lowest BCUT2D eigenvalue weighted by Crippen LogP contribution is -2.22. The van der Waals surface area contributed by atoms with Crippen LogP contribution < -0.4 is 14.6 Å². The summed E-state index contributed by atoms with van der Waals surface area (Å²) in [5, 5.41) is 12.0. The molecule has 0 N–H and O–H groups in total. The van der Waals surface area contributed by atoms with Crippen LogP contribution in [-0.4, -0.2) is 24.7 Å². The Morgan fingerprint density at radius 1 is 1.21 bits per heavy atom. The highest BCUT2D eigenvalue weighted by atomic mass is 32.1. The molecule has 6 heteroatoms. The van der Waals surface area contributed by atoms with E-state index in [1.54, 1.807) is 7.11 Å². The van der Waals surface area contributed by atoms with E-state index in [2.05, 4.69) is 11.9 Å². The fraction of sp³-hybridized carbons (Fsp3) is 0.273. The maximum atomic E-state index is 11.3. The number of methoxy groups -OCH3 is 1. The second-order valence-corrected chi connectivity index (χ2v) is 7.35. The topological polar surface area (TPSA) is 71.5 Å². The van der Waals surface area contributed by atoms with Crippen molar-refractivity contribution in [3.8, 4) is 11.5 Å². The monoisotopic (exact) mass is 396 g/mol. The van der Waals surface area contributed by atoms with Crippen LogP contribution in [0.15, 0.2) is 42.5 Å². The summed E-state index contributed by atoms with van der Waals surface area (Å²) >= 11 is 1.47. The van der Waals surface area contributed by atoms with Crippen molar-refractivity contribution in [2.45, 2.75) is 26.2 Å². The number of hydrogen-bond donors (Lipinski definition) is 0. The molecule has 0 aliphatic heterocycles. The Morgan fingerprint density at radius 2 is 2.04 bits per heavy atom. The van der Waals surface area contributed by atoms with Gasteiger partial charge >= 0.3 is 0 Å². The number of para-hydroxylation sites is 1. The van der Waals surface area contributed by atoms with Gasteiger partial charge in [-0.05, 0) is 47.9 Å². The van der Waals surface area contributed by atoms with Gasteiger partial charge < -0.3 is 19.4 Å². The first-order valence-corrected chi connectivity index (χ1v) is 9.99. The highest BCUT2D eigenvalue weighted by Crippen LogP contribution is 2.33. The van der Waals surface area contributed by atoms with Crippen LogP contribution in [0.1, 0.15) is 36.8 Å². The van der Waals surface area contributed by atoms with E-state index < -0.39 is 5.97 Å². The molecule has 0 spiro atoms. The molecule has 28 heavy (non-hydrogen) atoms. The van der Waals surface area contributed by atoms with Crippen LogP contribution in [0.4, 0.5) is 0 Å². The molecule has 1 heterocycles. The normalized spacial score (nSPS) is 11.6. The lowest BCUT2D eigenvalue weighted by atomic mass is 10.1. The summed E-state index contributed by atoms with van der Waals surface area (Å²) in [6.45, 7) is 2.74. The molecule has 0 atom stereocenters. The number of carbonyl (C=O) groups excluding carboxylic acids is 1. The average Bonchev–Trinajstić information content (AvgIpc) is 3.12. The van der Waals surface area contributed by atoms with Crippen molar-refractivity contribution in [1.29, 1.82) is 0 Å². The predicted octanol–water partition coefficient (Wildman–Crippen LogP) is 4.16. The van der Waals surface area contributed by atoms with Crippen LogP contribution in [0, 0.1) is 0 Å². The maximum absolute atomic E-state index is 11.3. The Morgan fingerprint density at radius 3 is 2.75 bits per heavy atom. The number of carboxylic acids is 1. The Labute approximate surface area is 168 Å². The second-order valence-electron chi connectivity index (χ2n) is 6.32. The van der Waals surface area contributed by atoms with Gasteiger partial charge in [0, 0.05) is 12.4 Å². The molecule has 0 unspecified atom stereocenters. The van der Waals surface area contributed by atoms with E-state index in [4.69, 9.17) is 9.47 Å². The molecule has 0 amide bonds. The number of carbonyl (C=O) groups is 1. The van der Waals surface area contributed by atoms with Gasteiger partial charge in [-0.1, -0.05) is 31.5 Å². The first-order chi connectivity index (χ1) is 13.6. The molecule has 1 aromatic heterocycles. The Bertz CT molecular complexity index is 960.